The average Bonchev–Trinajstić information content (AvgIpc) is 2.18. The maximum atomic E-state index is 10.8. The molecule has 0 bridgehead atoms. The van der Waals surface area contributed by atoms with Crippen molar-refractivity contribution in [2.24, 2.45) is 0 Å². The van der Waals surface area contributed by atoms with Crippen LogP contribution in [-0.4, -0.2) is 37.9 Å². The van der Waals surface area contributed by atoms with Gasteiger partial charge in [0.1, 0.15) is 0 Å². The van der Waals surface area contributed by atoms with Crippen molar-refractivity contribution in [3.63, 3.8) is 0 Å². The maximum absolute atomic E-state index is 10.8. The fourth-order valence-electron chi connectivity index (χ4n) is 1.01. The van der Waals surface area contributed by atoms with Gasteiger partial charge in [0.15, 0.2) is 0 Å². The number of nitrogens with zero attached hydrogens (tertiary/aromatic N) is 3. The lowest BCUT2D eigenvalue weighted by atomic mass is 10.4. The van der Waals surface area contributed by atoms with Gasteiger partial charge in [-0.15, -0.1) is 5.10 Å². The summed E-state index contributed by atoms with van der Waals surface area (Å²) in [4.78, 5) is 4.23. The normalized spacial score (nSPS) is 12.5. The molecule has 0 amide bonds. The molecule has 0 saturated carbocycles. The predicted molar refractivity (Wildman–Crippen MR) is 61.3 cm³/mol. The van der Waals surface area contributed by atoms with Crippen LogP contribution in [0.5, 0.6) is 0 Å². The first-order chi connectivity index (χ1) is 7.09. The van der Waals surface area contributed by atoms with Crippen molar-refractivity contribution in [1.82, 2.24) is 15.2 Å². The largest absolute Gasteiger partial charge is 0.353 e. The van der Waals surface area contributed by atoms with Crippen LogP contribution in [0.25, 0.3) is 0 Å². The Morgan fingerprint density at radius 2 is 2.00 bits per heavy atom. The summed E-state index contributed by atoms with van der Waals surface area (Å²) in [5, 5.41) is 10.9. The summed E-state index contributed by atoms with van der Waals surface area (Å²) < 4.78 is 10.8. The molecule has 0 saturated heterocycles. The molecule has 0 spiro atoms. The Morgan fingerprint density at radius 1 is 1.27 bits per heavy atom. The Bertz CT molecular complexity index is 356. The molecule has 0 radical (unpaired) electrons. The number of rotatable bonds is 5. The van der Waals surface area contributed by atoms with Crippen LogP contribution >= 0.6 is 0 Å². The lowest BCUT2D eigenvalue weighted by molar-refractivity contribution is 0.685. The standard InChI is InChI=1S/C9H16N4OS/c1-7-8(2)12-13-9(11-7)10-5-4-6-15(3)14/h4-6H2,1-3H3,(H,10,11,13). The van der Waals surface area contributed by atoms with Crippen LogP contribution in [0.3, 0.4) is 0 Å². The van der Waals surface area contributed by atoms with Crippen LogP contribution in [0.15, 0.2) is 0 Å². The molecule has 0 aliphatic rings. The van der Waals surface area contributed by atoms with Crippen molar-refractivity contribution in [2.75, 3.05) is 23.9 Å². The molecule has 6 heteroatoms. The van der Waals surface area contributed by atoms with Crippen LogP contribution in [0.4, 0.5) is 5.95 Å². The topological polar surface area (TPSA) is 67.8 Å². The van der Waals surface area contributed by atoms with E-state index < -0.39 is 10.8 Å². The van der Waals surface area contributed by atoms with E-state index in [1.54, 1.807) is 6.26 Å². The van der Waals surface area contributed by atoms with Crippen LogP contribution in [-0.2, 0) is 10.8 Å². The van der Waals surface area contributed by atoms with E-state index in [-0.39, 0.29) is 0 Å². The van der Waals surface area contributed by atoms with Crippen LogP contribution in [0, 0.1) is 13.8 Å². The quantitative estimate of drug-likeness (QED) is 0.750. The minimum Gasteiger partial charge on any atom is -0.353 e. The van der Waals surface area contributed by atoms with Gasteiger partial charge in [0.05, 0.1) is 11.4 Å². The number of nitrogens with one attached hydrogen (secondary N) is 1. The van der Waals surface area contributed by atoms with Crippen LogP contribution in [0.2, 0.25) is 0 Å². The second-order valence-corrected chi connectivity index (χ2v) is 4.92. The fourth-order valence-corrected chi connectivity index (χ4v) is 1.56. The predicted octanol–water partition coefficient (Wildman–Crippen LogP) is 0.669. The molecule has 0 aliphatic carbocycles. The second-order valence-electron chi connectivity index (χ2n) is 3.36. The number of aryl methyl sites for hydroxylation is 2. The highest BCUT2D eigenvalue weighted by Crippen LogP contribution is 2.01. The second kappa shape index (κ2) is 5.75. The molecule has 84 valence electrons. The van der Waals surface area contributed by atoms with Gasteiger partial charge in [0.25, 0.3) is 0 Å². The molecule has 1 aromatic heterocycles. The Hall–Kier alpha value is -1.04. The Morgan fingerprint density at radius 3 is 2.60 bits per heavy atom. The third kappa shape index (κ3) is 4.33. The monoisotopic (exact) mass is 228 g/mol. The molecule has 1 rings (SSSR count). The summed E-state index contributed by atoms with van der Waals surface area (Å²) in [6, 6.07) is 0. The highest BCUT2D eigenvalue weighted by Gasteiger charge is 2.00. The Balaban J connectivity index is 2.38. The van der Waals surface area contributed by atoms with Gasteiger partial charge < -0.3 is 5.32 Å². The molecule has 1 aromatic rings. The van der Waals surface area contributed by atoms with Gasteiger partial charge in [0, 0.05) is 29.4 Å². The van der Waals surface area contributed by atoms with E-state index in [0.717, 1.165) is 24.4 Å². The highest BCUT2D eigenvalue weighted by atomic mass is 32.2. The Kier molecular flexibility index (Phi) is 4.61. The molecular formula is C9H16N4OS. The molecule has 1 unspecified atom stereocenters. The van der Waals surface area contributed by atoms with Gasteiger partial charge in [0.2, 0.25) is 5.95 Å². The maximum Gasteiger partial charge on any atom is 0.242 e. The van der Waals surface area contributed by atoms with E-state index in [1.807, 2.05) is 13.8 Å². The molecule has 1 heterocycles. The lowest BCUT2D eigenvalue weighted by Gasteiger charge is -2.04. The van der Waals surface area contributed by atoms with E-state index in [4.69, 9.17) is 0 Å². The fraction of sp³-hybridized carbons (Fsp3) is 0.667. The zero-order chi connectivity index (χ0) is 11.3. The van der Waals surface area contributed by atoms with Gasteiger partial charge in [-0.05, 0) is 20.3 Å². The number of hydrogen-bond donors (Lipinski definition) is 1. The SMILES string of the molecule is Cc1nnc(NCCCS(C)=O)nc1C. The molecular weight excluding hydrogens is 212 g/mol. The summed E-state index contributed by atoms with van der Waals surface area (Å²) >= 11 is 0. The van der Waals surface area contributed by atoms with Gasteiger partial charge in [-0.25, -0.2) is 4.98 Å². The Labute approximate surface area is 92.2 Å². The first-order valence-electron chi connectivity index (χ1n) is 4.81. The number of anilines is 1. The van der Waals surface area contributed by atoms with Crippen molar-refractivity contribution in [3.05, 3.63) is 11.4 Å². The van der Waals surface area contributed by atoms with Gasteiger partial charge >= 0.3 is 0 Å². The summed E-state index contributed by atoms with van der Waals surface area (Å²) in [6.45, 7) is 4.50. The zero-order valence-electron chi connectivity index (χ0n) is 9.28. The molecule has 0 fully saturated rings. The van der Waals surface area contributed by atoms with E-state index in [1.165, 1.54) is 0 Å². The van der Waals surface area contributed by atoms with Crippen molar-refractivity contribution in [2.45, 2.75) is 20.3 Å². The van der Waals surface area contributed by atoms with Gasteiger partial charge in [-0.1, -0.05) is 0 Å². The van der Waals surface area contributed by atoms with Crippen molar-refractivity contribution >= 4 is 16.7 Å². The molecule has 5 nitrogen and oxygen atoms in total. The molecule has 15 heavy (non-hydrogen) atoms. The van der Waals surface area contributed by atoms with E-state index in [0.29, 0.717) is 11.7 Å². The van der Waals surface area contributed by atoms with E-state index >= 15 is 0 Å². The van der Waals surface area contributed by atoms with Crippen molar-refractivity contribution in [1.29, 1.82) is 0 Å². The molecule has 0 aliphatic heterocycles. The molecule has 1 N–H and O–H groups in total. The van der Waals surface area contributed by atoms with E-state index in [2.05, 4.69) is 20.5 Å². The summed E-state index contributed by atoms with van der Waals surface area (Å²) in [7, 11) is -0.728. The summed E-state index contributed by atoms with van der Waals surface area (Å²) in [5.41, 5.74) is 1.72. The first-order valence-corrected chi connectivity index (χ1v) is 6.54. The smallest absolute Gasteiger partial charge is 0.242 e. The number of hydrogen-bond acceptors (Lipinski definition) is 5. The van der Waals surface area contributed by atoms with Crippen LogP contribution in [0.1, 0.15) is 17.8 Å². The lowest BCUT2D eigenvalue weighted by Crippen LogP contribution is -2.10. The zero-order valence-corrected chi connectivity index (χ0v) is 10.1. The third-order valence-electron chi connectivity index (χ3n) is 1.98. The van der Waals surface area contributed by atoms with Crippen molar-refractivity contribution in [3.8, 4) is 0 Å². The van der Waals surface area contributed by atoms with E-state index in [9.17, 15) is 4.21 Å². The first kappa shape index (κ1) is 12.0. The third-order valence-corrected chi connectivity index (χ3v) is 2.85. The number of aromatic nitrogens is 3. The molecule has 0 aromatic carbocycles. The summed E-state index contributed by atoms with van der Waals surface area (Å²) in [5.74, 6) is 1.24. The van der Waals surface area contributed by atoms with Gasteiger partial charge in [-0.3, -0.25) is 4.21 Å². The minimum atomic E-state index is -0.728. The van der Waals surface area contributed by atoms with Crippen LogP contribution < -0.4 is 5.32 Å². The molecule has 1 atom stereocenters. The minimum absolute atomic E-state index is 0.542. The van der Waals surface area contributed by atoms with Crippen molar-refractivity contribution < 1.29 is 4.21 Å². The summed E-state index contributed by atoms with van der Waals surface area (Å²) in [6.07, 6.45) is 2.55. The highest BCUT2D eigenvalue weighted by molar-refractivity contribution is 7.84. The van der Waals surface area contributed by atoms with Gasteiger partial charge in [-0.2, -0.15) is 5.10 Å². The average molecular weight is 228 g/mol.